The topological polar surface area (TPSA) is 73.1 Å². The van der Waals surface area contributed by atoms with Gasteiger partial charge in [-0.05, 0) is 37.1 Å². The van der Waals surface area contributed by atoms with Crippen molar-refractivity contribution < 1.29 is 4.79 Å². The minimum atomic E-state index is -0.404. The van der Waals surface area contributed by atoms with E-state index in [2.05, 4.69) is 5.32 Å². The molecule has 0 radical (unpaired) electrons. The van der Waals surface area contributed by atoms with Crippen molar-refractivity contribution in [2.45, 2.75) is 44.7 Å². The first-order valence-electron chi connectivity index (χ1n) is 9.74. The Kier molecular flexibility index (Phi) is 5.10. The molecule has 1 N–H and O–H groups in total. The lowest BCUT2D eigenvalue weighted by Crippen LogP contribution is -2.44. The highest BCUT2D eigenvalue weighted by molar-refractivity contribution is 5.91. The lowest BCUT2D eigenvalue weighted by atomic mass is 9.95. The average molecular weight is 377 g/mol. The molecule has 0 aliphatic heterocycles. The highest BCUT2D eigenvalue weighted by atomic mass is 16.2. The van der Waals surface area contributed by atoms with Gasteiger partial charge in [-0.2, -0.15) is 0 Å². The third kappa shape index (κ3) is 3.50. The van der Waals surface area contributed by atoms with Gasteiger partial charge in [0.25, 0.3) is 5.56 Å². The van der Waals surface area contributed by atoms with Crippen molar-refractivity contribution >= 4 is 22.5 Å². The molecule has 1 saturated carbocycles. The van der Waals surface area contributed by atoms with Crippen molar-refractivity contribution in [2.24, 2.45) is 0 Å². The predicted molar refractivity (Wildman–Crippen MR) is 110 cm³/mol. The number of fused-ring (bicyclic) bond motifs is 1. The molecule has 6 nitrogen and oxygen atoms in total. The molecular formula is C22H23N3O3. The van der Waals surface area contributed by atoms with E-state index in [1.54, 1.807) is 36.4 Å². The molecule has 2 aromatic carbocycles. The fraction of sp³-hybridized carbons (Fsp3) is 0.318. The number of hydrogen-bond acceptors (Lipinski definition) is 3. The van der Waals surface area contributed by atoms with Gasteiger partial charge in [-0.3, -0.25) is 18.7 Å². The van der Waals surface area contributed by atoms with Gasteiger partial charge in [0.05, 0.1) is 10.9 Å². The van der Waals surface area contributed by atoms with E-state index in [-0.39, 0.29) is 24.1 Å². The third-order valence-corrected chi connectivity index (χ3v) is 5.38. The summed E-state index contributed by atoms with van der Waals surface area (Å²) in [5.41, 5.74) is 0.504. The van der Waals surface area contributed by atoms with Crippen LogP contribution in [0.2, 0.25) is 0 Å². The van der Waals surface area contributed by atoms with E-state index in [0.717, 1.165) is 32.1 Å². The minimum Gasteiger partial charge on any atom is -0.325 e. The van der Waals surface area contributed by atoms with Crippen LogP contribution in [0.5, 0.6) is 0 Å². The second-order valence-electron chi connectivity index (χ2n) is 7.27. The molecule has 28 heavy (non-hydrogen) atoms. The van der Waals surface area contributed by atoms with E-state index in [4.69, 9.17) is 0 Å². The molecule has 4 rings (SSSR count). The average Bonchev–Trinajstić information content (AvgIpc) is 2.73. The third-order valence-electron chi connectivity index (χ3n) is 5.38. The van der Waals surface area contributed by atoms with E-state index in [1.807, 2.05) is 18.2 Å². The Hall–Kier alpha value is -3.15. The Morgan fingerprint density at radius 1 is 0.929 bits per heavy atom. The molecule has 0 spiro atoms. The van der Waals surface area contributed by atoms with Gasteiger partial charge in [-0.1, -0.05) is 49.6 Å². The highest BCUT2D eigenvalue weighted by Gasteiger charge is 2.22. The Morgan fingerprint density at radius 2 is 1.61 bits per heavy atom. The first kappa shape index (κ1) is 18.2. The maximum Gasteiger partial charge on any atom is 0.332 e. The van der Waals surface area contributed by atoms with Crippen LogP contribution in [0, 0.1) is 0 Å². The highest BCUT2D eigenvalue weighted by Crippen LogP contribution is 2.26. The summed E-state index contributed by atoms with van der Waals surface area (Å²) < 4.78 is 2.79. The van der Waals surface area contributed by atoms with Crippen molar-refractivity contribution in [2.75, 3.05) is 5.32 Å². The van der Waals surface area contributed by atoms with Crippen molar-refractivity contribution in [3.63, 3.8) is 0 Å². The predicted octanol–water partition coefficient (Wildman–Crippen LogP) is 3.31. The Morgan fingerprint density at radius 3 is 2.36 bits per heavy atom. The summed E-state index contributed by atoms with van der Waals surface area (Å²) in [6.45, 7) is -0.138. The standard InChI is InChI=1S/C22H23N3O3/c26-20(23-16-9-3-1-4-10-16)15-24-19-14-8-7-13-18(19)21(27)25(22(24)28)17-11-5-2-6-12-17/h1,3-4,7-10,13-14,17H,2,5-6,11-12,15H2,(H,23,26). The van der Waals surface area contributed by atoms with Gasteiger partial charge in [0.15, 0.2) is 0 Å². The summed E-state index contributed by atoms with van der Waals surface area (Å²) >= 11 is 0. The number of carbonyl (C=O) groups is 1. The molecule has 6 heteroatoms. The summed E-state index contributed by atoms with van der Waals surface area (Å²) in [4.78, 5) is 38.9. The molecule has 144 valence electrons. The van der Waals surface area contributed by atoms with Crippen LogP contribution < -0.4 is 16.6 Å². The fourth-order valence-corrected chi connectivity index (χ4v) is 4.02. The van der Waals surface area contributed by atoms with Crippen LogP contribution in [0.3, 0.4) is 0 Å². The SMILES string of the molecule is O=C(Cn1c(=O)n(C2CCCCC2)c(=O)c2ccccc21)Nc1ccccc1. The van der Waals surface area contributed by atoms with Crippen LogP contribution in [0.4, 0.5) is 5.69 Å². The monoisotopic (exact) mass is 377 g/mol. The molecule has 1 fully saturated rings. The number of rotatable bonds is 4. The van der Waals surface area contributed by atoms with Gasteiger partial charge >= 0.3 is 5.69 Å². The molecule has 1 aliphatic carbocycles. The molecule has 3 aromatic rings. The quantitative estimate of drug-likeness (QED) is 0.758. The number of carbonyl (C=O) groups excluding carboxylic acids is 1. The second kappa shape index (κ2) is 7.84. The number of benzene rings is 2. The fourth-order valence-electron chi connectivity index (χ4n) is 4.02. The van der Waals surface area contributed by atoms with Crippen LogP contribution in [0.1, 0.15) is 38.1 Å². The molecule has 1 aliphatic rings. The summed E-state index contributed by atoms with van der Waals surface area (Å²) in [6.07, 6.45) is 4.80. The molecule has 0 unspecified atom stereocenters. The van der Waals surface area contributed by atoms with E-state index >= 15 is 0 Å². The zero-order valence-corrected chi connectivity index (χ0v) is 15.6. The van der Waals surface area contributed by atoms with Gasteiger partial charge in [-0.15, -0.1) is 0 Å². The van der Waals surface area contributed by atoms with Crippen LogP contribution in [0.15, 0.2) is 64.2 Å². The van der Waals surface area contributed by atoms with Crippen LogP contribution in [-0.2, 0) is 11.3 Å². The van der Waals surface area contributed by atoms with Crippen molar-refractivity contribution in [1.82, 2.24) is 9.13 Å². The van der Waals surface area contributed by atoms with Crippen molar-refractivity contribution in [3.8, 4) is 0 Å². The van der Waals surface area contributed by atoms with Crippen molar-refractivity contribution in [1.29, 1.82) is 0 Å². The van der Waals surface area contributed by atoms with Gasteiger partial charge in [0.1, 0.15) is 6.54 Å². The van der Waals surface area contributed by atoms with E-state index in [9.17, 15) is 14.4 Å². The summed E-state index contributed by atoms with van der Waals surface area (Å²) in [6, 6.07) is 16.0. The molecule has 1 amide bonds. The largest absolute Gasteiger partial charge is 0.332 e. The maximum atomic E-state index is 13.2. The molecular weight excluding hydrogens is 354 g/mol. The Labute approximate surface area is 162 Å². The van der Waals surface area contributed by atoms with E-state index in [1.165, 1.54) is 9.13 Å². The summed E-state index contributed by atoms with van der Waals surface area (Å²) in [5.74, 6) is -0.299. The summed E-state index contributed by atoms with van der Waals surface area (Å²) in [7, 11) is 0. The number of amides is 1. The van der Waals surface area contributed by atoms with E-state index in [0.29, 0.717) is 16.6 Å². The normalized spacial score (nSPS) is 14.9. The number of anilines is 1. The van der Waals surface area contributed by atoms with Crippen LogP contribution in [0.25, 0.3) is 10.9 Å². The number of nitrogens with zero attached hydrogens (tertiary/aromatic N) is 2. The smallest absolute Gasteiger partial charge is 0.325 e. The number of aromatic nitrogens is 2. The number of nitrogens with one attached hydrogen (secondary N) is 1. The lowest BCUT2D eigenvalue weighted by molar-refractivity contribution is -0.116. The van der Waals surface area contributed by atoms with Crippen LogP contribution >= 0.6 is 0 Å². The molecule has 1 aromatic heterocycles. The van der Waals surface area contributed by atoms with Crippen molar-refractivity contribution in [3.05, 3.63) is 75.4 Å². The zero-order chi connectivity index (χ0) is 19.5. The van der Waals surface area contributed by atoms with Crippen LogP contribution in [-0.4, -0.2) is 15.0 Å². The van der Waals surface area contributed by atoms with Gasteiger partial charge in [0.2, 0.25) is 5.91 Å². The Bertz CT molecular complexity index is 1110. The number of hydrogen-bond donors (Lipinski definition) is 1. The molecule has 0 atom stereocenters. The van der Waals surface area contributed by atoms with Gasteiger partial charge < -0.3 is 5.32 Å². The molecule has 1 heterocycles. The lowest BCUT2D eigenvalue weighted by Gasteiger charge is -2.24. The van der Waals surface area contributed by atoms with Gasteiger partial charge in [0, 0.05) is 11.7 Å². The Balaban J connectivity index is 1.77. The maximum absolute atomic E-state index is 13.2. The molecule has 0 bridgehead atoms. The molecule has 0 saturated heterocycles. The van der Waals surface area contributed by atoms with Gasteiger partial charge in [-0.25, -0.2) is 4.79 Å². The summed E-state index contributed by atoms with van der Waals surface area (Å²) in [5, 5.41) is 3.28. The number of para-hydroxylation sites is 2. The zero-order valence-electron chi connectivity index (χ0n) is 15.6. The first-order valence-corrected chi connectivity index (χ1v) is 9.74. The van der Waals surface area contributed by atoms with E-state index < -0.39 is 5.69 Å². The minimum absolute atomic E-state index is 0.0956. The second-order valence-corrected chi connectivity index (χ2v) is 7.27. The first-order chi connectivity index (χ1) is 13.6.